The van der Waals surface area contributed by atoms with E-state index in [0.717, 1.165) is 23.1 Å². The number of hydrogen-bond acceptors (Lipinski definition) is 3. The SMILES string of the molecule is COC(=O)C=Cc1ccc2c(c1)C(=O)CC2. The Labute approximate surface area is 93.7 Å². The number of carbonyl (C=O) groups is 2. The fourth-order valence-electron chi connectivity index (χ4n) is 1.79. The maximum atomic E-state index is 11.5. The van der Waals surface area contributed by atoms with E-state index in [0.29, 0.717) is 6.42 Å². The number of methoxy groups -OCH3 is 1. The van der Waals surface area contributed by atoms with E-state index >= 15 is 0 Å². The van der Waals surface area contributed by atoms with E-state index in [2.05, 4.69) is 4.74 Å². The first-order valence-corrected chi connectivity index (χ1v) is 5.13. The molecule has 0 saturated carbocycles. The molecule has 0 heterocycles. The van der Waals surface area contributed by atoms with Crippen LogP contribution in [-0.4, -0.2) is 18.9 Å². The molecule has 1 aromatic carbocycles. The van der Waals surface area contributed by atoms with Gasteiger partial charge in [-0.15, -0.1) is 0 Å². The number of ether oxygens (including phenoxy) is 1. The molecule has 3 nitrogen and oxygen atoms in total. The van der Waals surface area contributed by atoms with Gasteiger partial charge in [0.15, 0.2) is 5.78 Å². The summed E-state index contributed by atoms with van der Waals surface area (Å²) < 4.78 is 4.49. The third-order valence-electron chi connectivity index (χ3n) is 2.67. The van der Waals surface area contributed by atoms with Crippen molar-refractivity contribution in [1.29, 1.82) is 0 Å². The lowest BCUT2D eigenvalue weighted by Gasteiger charge is -1.99. The predicted octanol–water partition coefficient (Wildman–Crippen LogP) is 2.00. The van der Waals surface area contributed by atoms with Crippen molar-refractivity contribution in [2.45, 2.75) is 12.8 Å². The molecular formula is C13H12O3. The van der Waals surface area contributed by atoms with E-state index in [1.54, 1.807) is 6.08 Å². The standard InChI is InChI=1S/C13H12O3/c1-16-13(15)7-3-9-2-4-10-5-6-12(14)11(10)8-9/h2-4,7-8H,5-6H2,1H3. The molecule has 3 heteroatoms. The Kier molecular flexibility index (Phi) is 2.86. The molecule has 0 N–H and O–H groups in total. The normalized spacial score (nSPS) is 14.2. The van der Waals surface area contributed by atoms with Gasteiger partial charge in [-0.3, -0.25) is 4.79 Å². The minimum atomic E-state index is -0.396. The van der Waals surface area contributed by atoms with Gasteiger partial charge in [-0.2, -0.15) is 0 Å². The van der Waals surface area contributed by atoms with Crippen molar-refractivity contribution >= 4 is 17.8 Å². The second kappa shape index (κ2) is 4.31. The summed E-state index contributed by atoms with van der Waals surface area (Å²) in [7, 11) is 1.33. The van der Waals surface area contributed by atoms with E-state index in [1.807, 2.05) is 18.2 Å². The quantitative estimate of drug-likeness (QED) is 0.561. The minimum absolute atomic E-state index is 0.184. The summed E-state index contributed by atoms with van der Waals surface area (Å²) in [4.78, 5) is 22.4. The molecule has 0 radical (unpaired) electrons. The van der Waals surface area contributed by atoms with Gasteiger partial charge in [0.25, 0.3) is 0 Å². The third kappa shape index (κ3) is 2.03. The fraction of sp³-hybridized carbons (Fsp3) is 0.231. The van der Waals surface area contributed by atoms with Gasteiger partial charge < -0.3 is 4.74 Å². The zero-order valence-electron chi connectivity index (χ0n) is 9.03. The number of ketones is 1. The summed E-state index contributed by atoms with van der Waals surface area (Å²) in [6.07, 6.45) is 4.42. The summed E-state index contributed by atoms with van der Waals surface area (Å²) in [6, 6.07) is 5.66. The number of hydrogen-bond donors (Lipinski definition) is 0. The number of rotatable bonds is 2. The Hall–Kier alpha value is -1.90. The van der Waals surface area contributed by atoms with E-state index < -0.39 is 5.97 Å². The van der Waals surface area contributed by atoms with Crippen LogP contribution < -0.4 is 0 Å². The number of carbonyl (C=O) groups excluding carboxylic acids is 2. The van der Waals surface area contributed by atoms with Crippen molar-refractivity contribution in [2.75, 3.05) is 7.11 Å². The highest BCUT2D eigenvalue weighted by Gasteiger charge is 2.18. The molecule has 0 aromatic heterocycles. The van der Waals surface area contributed by atoms with Crippen LogP contribution in [0.15, 0.2) is 24.3 Å². The van der Waals surface area contributed by atoms with Crippen molar-refractivity contribution in [3.05, 3.63) is 41.0 Å². The second-order valence-electron chi connectivity index (χ2n) is 3.70. The summed E-state index contributed by atoms with van der Waals surface area (Å²) in [6.45, 7) is 0. The molecule has 0 amide bonds. The van der Waals surface area contributed by atoms with Crippen molar-refractivity contribution in [3.63, 3.8) is 0 Å². The Morgan fingerprint density at radius 2 is 2.19 bits per heavy atom. The largest absolute Gasteiger partial charge is 0.466 e. The molecule has 0 saturated heterocycles. The highest BCUT2D eigenvalue weighted by Crippen LogP contribution is 2.23. The van der Waals surface area contributed by atoms with Crippen LogP contribution in [0.5, 0.6) is 0 Å². The predicted molar refractivity (Wildman–Crippen MR) is 60.1 cm³/mol. The average molecular weight is 216 g/mol. The van der Waals surface area contributed by atoms with Gasteiger partial charge in [-0.1, -0.05) is 12.1 Å². The second-order valence-corrected chi connectivity index (χ2v) is 3.70. The molecule has 1 aliphatic carbocycles. The van der Waals surface area contributed by atoms with E-state index in [9.17, 15) is 9.59 Å². The first-order valence-electron chi connectivity index (χ1n) is 5.13. The Morgan fingerprint density at radius 1 is 1.38 bits per heavy atom. The highest BCUT2D eigenvalue weighted by molar-refractivity contribution is 6.01. The van der Waals surface area contributed by atoms with Gasteiger partial charge in [0.05, 0.1) is 7.11 Å². The van der Waals surface area contributed by atoms with E-state index in [-0.39, 0.29) is 5.78 Å². The third-order valence-corrected chi connectivity index (χ3v) is 2.67. The summed E-state index contributed by atoms with van der Waals surface area (Å²) in [5.41, 5.74) is 2.73. The molecule has 1 aliphatic rings. The molecule has 0 bridgehead atoms. The molecule has 0 spiro atoms. The molecule has 0 unspecified atom stereocenters. The fourth-order valence-corrected chi connectivity index (χ4v) is 1.79. The van der Waals surface area contributed by atoms with Crippen LogP contribution in [0.2, 0.25) is 0 Å². The average Bonchev–Trinajstić information content (AvgIpc) is 2.68. The highest BCUT2D eigenvalue weighted by atomic mass is 16.5. The molecule has 2 rings (SSSR count). The van der Waals surface area contributed by atoms with Crippen LogP contribution in [0.4, 0.5) is 0 Å². The lowest BCUT2D eigenvalue weighted by atomic mass is 10.1. The number of esters is 1. The zero-order chi connectivity index (χ0) is 11.5. The first kappa shape index (κ1) is 10.6. The first-order chi connectivity index (χ1) is 7.70. The number of aryl methyl sites for hydroxylation is 1. The minimum Gasteiger partial charge on any atom is -0.466 e. The van der Waals surface area contributed by atoms with Gasteiger partial charge in [0.2, 0.25) is 0 Å². The maximum Gasteiger partial charge on any atom is 0.330 e. The van der Waals surface area contributed by atoms with Crippen LogP contribution in [0.25, 0.3) is 6.08 Å². The number of Topliss-reactive ketones (excluding diaryl/α,β-unsaturated/α-hetero) is 1. The van der Waals surface area contributed by atoms with Crippen LogP contribution in [0, 0.1) is 0 Å². The van der Waals surface area contributed by atoms with Crippen molar-refractivity contribution < 1.29 is 14.3 Å². The van der Waals surface area contributed by atoms with Gasteiger partial charge >= 0.3 is 5.97 Å². The number of benzene rings is 1. The molecule has 0 atom stereocenters. The maximum absolute atomic E-state index is 11.5. The molecule has 16 heavy (non-hydrogen) atoms. The molecule has 82 valence electrons. The van der Waals surface area contributed by atoms with Crippen molar-refractivity contribution in [3.8, 4) is 0 Å². The Bertz CT molecular complexity index is 472. The molecular weight excluding hydrogens is 204 g/mol. The van der Waals surface area contributed by atoms with Gasteiger partial charge in [0, 0.05) is 18.1 Å². The molecule has 0 fully saturated rings. The van der Waals surface area contributed by atoms with Crippen molar-refractivity contribution in [1.82, 2.24) is 0 Å². The summed E-state index contributed by atoms with van der Waals surface area (Å²) in [5.74, 6) is -0.213. The smallest absolute Gasteiger partial charge is 0.330 e. The van der Waals surface area contributed by atoms with Crippen LogP contribution in [0.3, 0.4) is 0 Å². The molecule has 1 aromatic rings. The van der Waals surface area contributed by atoms with Crippen LogP contribution >= 0.6 is 0 Å². The van der Waals surface area contributed by atoms with Crippen LogP contribution in [0.1, 0.15) is 27.9 Å². The number of fused-ring (bicyclic) bond motifs is 1. The van der Waals surface area contributed by atoms with Gasteiger partial charge in [-0.05, 0) is 29.7 Å². The Morgan fingerprint density at radius 3 is 2.94 bits per heavy atom. The summed E-state index contributed by atoms with van der Waals surface area (Å²) in [5, 5.41) is 0. The van der Waals surface area contributed by atoms with Gasteiger partial charge in [0.1, 0.15) is 0 Å². The van der Waals surface area contributed by atoms with E-state index in [1.165, 1.54) is 13.2 Å². The summed E-state index contributed by atoms with van der Waals surface area (Å²) >= 11 is 0. The zero-order valence-corrected chi connectivity index (χ0v) is 9.03. The monoisotopic (exact) mass is 216 g/mol. The topological polar surface area (TPSA) is 43.4 Å². The van der Waals surface area contributed by atoms with Crippen LogP contribution in [-0.2, 0) is 16.0 Å². The van der Waals surface area contributed by atoms with Gasteiger partial charge in [-0.25, -0.2) is 4.79 Å². The van der Waals surface area contributed by atoms with Crippen molar-refractivity contribution in [2.24, 2.45) is 0 Å². The lowest BCUT2D eigenvalue weighted by molar-refractivity contribution is -0.134. The molecule has 0 aliphatic heterocycles. The Balaban J connectivity index is 2.25. The lowest BCUT2D eigenvalue weighted by Crippen LogP contribution is -1.94. The van der Waals surface area contributed by atoms with E-state index in [4.69, 9.17) is 0 Å².